The summed E-state index contributed by atoms with van der Waals surface area (Å²) in [5.41, 5.74) is 3.50. The van der Waals surface area contributed by atoms with E-state index in [1.807, 2.05) is 25.2 Å². The van der Waals surface area contributed by atoms with Gasteiger partial charge in [-0.05, 0) is 48.8 Å². The number of rotatable bonds is 6. The molecule has 0 amide bonds. The van der Waals surface area contributed by atoms with Crippen LogP contribution < -0.4 is 5.32 Å². The molecule has 1 atom stereocenters. The van der Waals surface area contributed by atoms with Gasteiger partial charge in [-0.2, -0.15) is 5.10 Å². The summed E-state index contributed by atoms with van der Waals surface area (Å²) in [5.74, 6) is 0. The van der Waals surface area contributed by atoms with Crippen molar-refractivity contribution in [1.29, 1.82) is 0 Å². The molecule has 0 spiro atoms. The molecule has 0 radical (unpaired) electrons. The van der Waals surface area contributed by atoms with Gasteiger partial charge in [0.2, 0.25) is 0 Å². The van der Waals surface area contributed by atoms with E-state index in [0.717, 1.165) is 23.8 Å². The molecule has 1 heterocycles. The van der Waals surface area contributed by atoms with Crippen LogP contribution in [0.5, 0.6) is 0 Å². The second kappa shape index (κ2) is 8.58. The van der Waals surface area contributed by atoms with Crippen LogP contribution in [-0.4, -0.2) is 38.4 Å². The van der Waals surface area contributed by atoms with Crippen LogP contribution in [-0.2, 0) is 6.42 Å². The Balaban J connectivity index is 1.54. The summed E-state index contributed by atoms with van der Waals surface area (Å²) < 4.78 is 1.74. The van der Waals surface area contributed by atoms with Crippen LogP contribution in [0.1, 0.15) is 24.1 Å². The van der Waals surface area contributed by atoms with Gasteiger partial charge in [0.1, 0.15) is 12.7 Å². The summed E-state index contributed by atoms with van der Waals surface area (Å²) in [6.07, 6.45) is 4.18. The van der Waals surface area contributed by atoms with Gasteiger partial charge < -0.3 is 10.2 Å². The maximum absolute atomic E-state index is 5.55. The zero-order valence-corrected chi connectivity index (χ0v) is 15.9. The first-order valence-corrected chi connectivity index (χ1v) is 9.05. The van der Waals surface area contributed by atoms with Crippen molar-refractivity contribution in [3.05, 3.63) is 78.4 Å². The molecule has 0 saturated heterocycles. The number of benzene rings is 2. The molecule has 0 unspecified atom stereocenters. The maximum atomic E-state index is 5.55. The quantitative estimate of drug-likeness (QED) is 0.679. The monoisotopic (exact) mass is 365 g/mol. The summed E-state index contributed by atoms with van der Waals surface area (Å²) >= 11 is 5.55. The number of aromatic nitrogens is 3. The fourth-order valence-corrected chi connectivity index (χ4v) is 2.99. The zero-order valence-electron chi connectivity index (χ0n) is 15.0. The van der Waals surface area contributed by atoms with E-state index in [0.29, 0.717) is 0 Å². The normalized spacial score (nSPS) is 11.8. The molecule has 0 aliphatic rings. The van der Waals surface area contributed by atoms with E-state index in [1.54, 1.807) is 11.0 Å². The summed E-state index contributed by atoms with van der Waals surface area (Å²) in [7, 11) is 2.02. The van der Waals surface area contributed by atoms with Crippen LogP contribution in [0.25, 0.3) is 5.69 Å². The minimum Gasteiger partial charge on any atom is -0.362 e. The molecule has 3 aromatic rings. The molecule has 2 aromatic carbocycles. The van der Waals surface area contributed by atoms with E-state index in [4.69, 9.17) is 12.2 Å². The lowest BCUT2D eigenvalue weighted by molar-refractivity contribution is 0.396. The Morgan fingerprint density at radius 2 is 1.88 bits per heavy atom. The Kier molecular flexibility index (Phi) is 5.96. The smallest absolute Gasteiger partial charge is 0.169 e. The lowest BCUT2D eigenvalue weighted by atomic mass is 10.1. The van der Waals surface area contributed by atoms with Crippen molar-refractivity contribution >= 4 is 17.3 Å². The number of nitrogens with one attached hydrogen (secondary N) is 1. The van der Waals surface area contributed by atoms with E-state index >= 15 is 0 Å². The lowest BCUT2D eigenvalue weighted by Gasteiger charge is -2.28. The third kappa shape index (κ3) is 4.46. The molecule has 0 aliphatic heterocycles. The Morgan fingerprint density at radius 1 is 1.15 bits per heavy atom. The van der Waals surface area contributed by atoms with Gasteiger partial charge in [-0.15, -0.1) is 0 Å². The van der Waals surface area contributed by atoms with Crippen LogP contribution >= 0.6 is 12.2 Å². The van der Waals surface area contributed by atoms with E-state index in [-0.39, 0.29) is 6.04 Å². The molecule has 6 heteroatoms. The molecule has 0 aliphatic carbocycles. The first-order valence-electron chi connectivity index (χ1n) is 8.64. The fraction of sp³-hybridized carbons (Fsp3) is 0.250. The van der Waals surface area contributed by atoms with Crippen LogP contribution in [0.2, 0.25) is 0 Å². The van der Waals surface area contributed by atoms with E-state index in [2.05, 4.69) is 63.6 Å². The molecule has 1 aromatic heterocycles. The second-order valence-corrected chi connectivity index (χ2v) is 6.57. The van der Waals surface area contributed by atoms with Crippen molar-refractivity contribution in [1.82, 2.24) is 25.0 Å². The fourth-order valence-electron chi connectivity index (χ4n) is 2.73. The molecule has 0 saturated carbocycles. The Morgan fingerprint density at radius 3 is 2.54 bits per heavy atom. The molecule has 0 bridgehead atoms. The third-order valence-corrected chi connectivity index (χ3v) is 4.93. The van der Waals surface area contributed by atoms with Gasteiger partial charge in [0.25, 0.3) is 0 Å². The minimum atomic E-state index is 0.177. The van der Waals surface area contributed by atoms with Crippen LogP contribution in [0, 0.1) is 0 Å². The number of hydrogen-bond acceptors (Lipinski definition) is 3. The van der Waals surface area contributed by atoms with Crippen LogP contribution in [0.15, 0.2) is 67.3 Å². The predicted molar refractivity (Wildman–Crippen MR) is 108 cm³/mol. The lowest BCUT2D eigenvalue weighted by Crippen LogP contribution is -2.39. The van der Waals surface area contributed by atoms with Gasteiger partial charge in [-0.1, -0.05) is 42.5 Å². The van der Waals surface area contributed by atoms with E-state index in [9.17, 15) is 0 Å². The van der Waals surface area contributed by atoms with Gasteiger partial charge in [0, 0.05) is 13.6 Å². The SMILES string of the molecule is C[C@H](c1ccc(-n2cncn2)cc1)N(C)C(=S)NCCc1ccccc1. The molecule has 134 valence electrons. The average Bonchev–Trinajstić information content (AvgIpc) is 3.22. The van der Waals surface area contributed by atoms with Crippen molar-refractivity contribution in [2.45, 2.75) is 19.4 Å². The molecular weight excluding hydrogens is 342 g/mol. The summed E-state index contributed by atoms with van der Waals surface area (Å²) in [5, 5.41) is 8.26. The maximum Gasteiger partial charge on any atom is 0.169 e. The highest BCUT2D eigenvalue weighted by Crippen LogP contribution is 2.20. The molecule has 3 rings (SSSR count). The molecule has 5 nitrogen and oxygen atoms in total. The number of hydrogen-bond donors (Lipinski definition) is 1. The summed E-state index contributed by atoms with van der Waals surface area (Å²) in [4.78, 5) is 6.06. The summed E-state index contributed by atoms with van der Waals surface area (Å²) in [6.45, 7) is 2.97. The Bertz CT molecular complexity index is 815. The van der Waals surface area contributed by atoms with Gasteiger partial charge in [0.05, 0.1) is 11.7 Å². The van der Waals surface area contributed by atoms with Crippen molar-refractivity contribution in [3.63, 3.8) is 0 Å². The predicted octanol–water partition coefficient (Wildman–Crippen LogP) is 3.38. The standard InChI is InChI=1S/C20H23N5S/c1-16(18-8-10-19(11-9-18)25-15-21-14-23-25)24(2)20(26)22-13-12-17-6-4-3-5-7-17/h3-11,14-16H,12-13H2,1-2H3,(H,22,26)/t16-/m1/s1. The largest absolute Gasteiger partial charge is 0.362 e. The molecule has 0 fully saturated rings. The van der Waals surface area contributed by atoms with Gasteiger partial charge in [-0.3, -0.25) is 0 Å². The Hall–Kier alpha value is -2.73. The Labute approximate surface area is 159 Å². The van der Waals surface area contributed by atoms with Crippen molar-refractivity contribution in [2.75, 3.05) is 13.6 Å². The zero-order chi connectivity index (χ0) is 18.4. The summed E-state index contributed by atoms with van der Waals surface area (Å²) in [6, 6.07) is 18.9. The topological polar surface area (TPSA) is 46.0 Å². The van der Waals surface area contributed by atoms with Gasteiger partial charge in [0.15, 0.2) is 5.11 Å². The van der Waals surface area contributed by atoms with E-state index in [1.165, 1.54) is 17.5 Å². The minimum absolute atomic E-state index is 0.177. The first-order chi connectivity index (χ1) is 12.6. The highest BCUT2D eigenvalue weighted by molar-refractivity contribution is 7.80. The third-order valence-electron chi connectivity index (χ3n) is 4.49. The molecule has 1 N–H and O–H groups in total. The van der Waals surface area contributed by atoms with Crippen molar-refractivity contribution in [3.8, 4) is 5.69 Å². The molecular formula is C20H23N5S. The highest BCUT2D eigenvalue weighted by atomic mass is 32.1. The van der Waals surface area contributed by atoms with Crippen molar-refractivity contribution < 1.29 is 0 Å². The van der Waals surface area contributed by atoms with Crippen LogP contribution in [0.4, 0.5) is 0 Å². The number of thiocarbonyl (C=S) groups is 1. The first kappa shape index (κ1) is 18.1. The van der Waals surface area contributed by atoms with Gasteiger partial charge >= 0.3 is 0 Å². The van der Waals surface area contributed by atoms with Crippen molar-refractivity contribution in [2.24, 2.45) is 0 Å². The average molecular weight is 366 g/mol. The second-order valence-electron chi connectivity index (χ2n) is 6.19. The van der Waals surface area contributed by atoms with Crippen LogP contribution in [0.3, 0.4) is 0 Å². The highest BCUT2D eigenvalue weighted by Gasteiger charge is 2.14. The number of nitrogens with zero attached hydrogens (tertiary/aromatic N) is 4. The molecule has 26 heavy (non-hydrogen) atoms. The van der Waals surface area contributed by atoms with Gasteiger partial charge in [-0.25, -0.2) is 9.67 Å². The van der Waals surface area contributed by atoms with E-state index < -0.39 is 0 Å².